The summed E-state index contributed by atoms with van der Waals surface area (Å²) in [6.45, 7) is 22.2. The van der Waals surface area contributed by atoms with Crippen molar-refractivity contribution in [3.05, 3.63) is 23.3 Å². The summed E-state index contributed by atoms with van der Waals surface area (Å²) in [5.74, 6) is -0.284. The zero-order valence-electron chi connectivity index (χ0n) is 22.4. The van der Waals surface area contributed by atoms with Crippen LogP contribution in [-0.4, -0.2) is 36.8 Å². The smallest absolute Gasteiger partial charge is 0.192 e. The maximum atomic E-state index is 10.6. The van der Waals surface area contributed by atoms with Crippen LogP contribution in [0.15, 0.2) is 23.3 Å². The van der Waals surface area contributed by atoms with Crippen molar-refractivity contribution < 1.29 is 14.6 Å². The Kier molecular flexibility index (Phi) is 10.00. The summed E-state index contributed by atoms with van der Waals surface area (Å²) in [6.07, 6.45) is 8.08. The van der Waals surface area contributed by atoms with E-state index >= 15 is 0 Å². The molecule has 0 saturated heterocycles. The fourth-order valence-electron chi connectivity index (χ4n) is 4.65. The molecule has 4 atom stereocenters. The van der Waals surface area contributed by atoms with Crippen molar-refractivity contribution in [3.63, 3.8) is 0 Å². The van der Waals surface area contributed by atoms with Crippen LogP contribution < -0.4 is 0 Å². The molecule has 0 aromatic carbocycles. The number of rotatable bonds is 10. The second kappa shape index (κ2) is 11.0. The van der Waals surface area contributed by atoms with E-state index in [1.165, 1.54) is 11.1 Å². The molecule has 1 fully saturated rings. The van der Waals surface area contributed by atoms with Crippen molar-refractivity contribution in [2.75, 3.05) is 6.61 Å². The van der Waals surface area contributed by atoms with Gasteiger partial charge in [0.25, 0.3) is 0 Å². The van der Waals surface area contributed by atoms with Gasteiger partial charge in [0.05, 0.1) is 18.3 Å². The van der Waals surface area contributed by atoms with Crippen LogP contribution in [0.3, 0.4) is 0 Å². The molecule has 0 amide bonds. The Balaban J connectivity index is 2.70. The summed E-state index contributed by atoms with van der Waals surface area (Å²) in [5, 5.41) is 30.7. The number of hydrogen-bond acceptors (Lipinski definition) is 4. The molecule has 184 valence electrons. The van der Waals surface area contributed by atoms with Crippen molar-refractivity contribution in [1.82, 2.24) is 0 Å². The number of aliphatic hydroxyl groups is 2. The van der Waals surface area contributed by atoms with Crippen LogP contribution in [0, 0.1) is 28.6 Å². The molecule has 5 heteroatoms. The van der Waals surface area contributed by atoms with Crippen molar-refractivity contribution in [3.8, 4) is 6.07 Å². The highest BCUT2D eigenvalue weighted by Crippen LogP contribution is 2.54. The Morgan fingerprint density at radius 1 is 1.19 bits per heavy atom. The zero-order chi connectivity index (χ0) is 25.0. The molecule has 1 aliphatic carbocycles. The van der Waals surface area contributed by atoms with Gasteiger partial charge in [-0.15, -0.1) is 0 Å². The van der Waals surface area contributed by atoms with E-state index in [1.54, 1.807) is 13.8 Å². The number of allylic oxidation sites excluding steroid dienone is 3. The maximum absolute atomic E-state index is 10.6. The zero-order valence-corrected chi connectivity index (χ0v) is 23.4. The summed E-state index contributed by atoms with van der Waals surface area (Å²) in [6, 6.07) is 2.04. The molecule has 1 aliphatic rings. The fourth-order valence-corrected chi connectivity index (χ4v) is 5.68. The molecule has 0 heterocycles. The minimum Gasteiger partial charge on any atom is -0.413 e. The largest absolute Gasteiger partial charge is 0.413 e. The maximum Gasteiger partial charge on any atom is 0.192 e. The van der Waals surface area contributed by atoms with Crippen molar-refractivity contribution in [1.29, 1.82) is 5.26 Å². The molecule has 0 bridgehead atoms. The lowest BCUT2D eigenvalue weighted by molar-refractivity contribution is -0.0446. The van der Waals surface area contributed by atoms with Crippen molar-refractivity contribution in [2.24, 2.45) is 17.3 Å². The summed E-state index contributed by atoms with van der Waals surface area (Å²) in [7, 11) is -1.72. The van der Waals surface area contributed by atoms with E-state index in [1.807, 2.05) is 6.07 Å². The van der Waals surface area contributed by atoms with Gasteiger partial charge in [0.2, 0.25) is 0 Å². The molecule has 1 rings (SSSR count). The second-order valence-corrected chi connectivity index (χ2v) is 17.3. The minimum absolute atomic E-state index is 0.0673. The van der Waals surface area contributed by atoms with Gasteiger partial charge in [-0.3, -0.25) is 0 Å². The predicted octanol–water partition coefficient (Wildman–Crippen LogP) is 6.76. The van der Waals surface area contributed by atoms with Gasteiger partial charge in [-0.25, -0.2) is 0 Å². The first-order valence-corrected chi connectivity index (χ1v) is 15.1. The Morgan fingerprint density at radius 2 is 1.78 bits per heavy atom. The lowest BCUT2D eigenvalue weighted by Crippen LogP contribution is -2.43. The SMILES string of the molecule is C/C(=C\C[C@@]1(C)CC[C@@H](C(C)(C)O)[C@@H]1[C@@H](O)C#N)CC/C=C(\C)CO[Si](C)(C)C(C)(C)C. The Morgan fingerprint density at radius 3 is 2.28 bits per heavy atom. The van der Waals surface area contributed by atoms with E-state index in [0.29, 0.717) is 6.61 Å². The second-order valence-electron chi connectivity index (χ2n) is 12.4. The van der Waals surface area contributed by atoms with Crippen LogP contribution in [0.1, 0.15) is 87.5 Å². The van der Waals surface area contributed by atoms with Gasteiger partial charge < -0.3 is 14.6 Å². The monoisotopic (exact) mass is 463 g/mol. The molecule has 0 aromatic heterocycles. The van der Waals surface area contributed by atoms with E-state index < -0.39 is 20.0 Å². The molecule has 2 N–H and O–H groups in total. The topological polar surface area (TPSA) is 73.5 Å². The third-order valence-corrected chi connectivity index (χ3v) is 12.5. The molecular formula is C27H49NO3Si. The van der Waals surface area contributed by atoms with Crippen LogP contribution in [0.2, 0.25) is 18.1 Å². The van der Waals surface area contributed by atoms with Gasteiger partial charge >= 0.3 is 0 Å². The van der Waals surface area contributed by atoms with E-state index in [9.17, 15) is 15.5 Å². The van der Waals surface area contributed by atoms with Crippen LogP contribution in [0.5, 0.6) is 0 Å². The molecule has 4 nitrogen and oxygen atoms in total. The molecule has 1 saturated carbocycles. The first-order chi connectivity index (χ1) is 14.4. The van der Waals surface area contributed by atoms with Crippen LogP contribution >= 0.6 is 0 Å². The lowest BCUT2D eigenvalue weighted by Gasteiger charge is -2.39. The third-order valence-electron chi connectivity index (χ3n) is 8.06. The summed E-state index contributed by atoms with van der Waals surface area (Å²) < 4.78 is 6.31. The minimum atomic E-state index is -1.72. The van der Waals surface area contributed by atoms with Gasteiger partial charge in [-0.1, -0.05) is 51.0 Å². The van der Waals surface area contributed by atoms with Crippen molar-refractivity contribution >= 4 is 8.32 Å². The molecule has 0 radical (unpaired) electrons. The Bertz CT molecular complexity index is 721. The molecule has 0 unspecified atom stereocenters. The first-order valence-electron chi connectivity index (χ1n) is 12.2. The van der Waals surface area contributed by atoms with E-state index in [2.05, 4.69) is 66.8 Å². The molecule has 0 spiro atoms. The highest BCUT2D eigenvalue weighted by Gasteiger charge is 2.52. The molecular weight excluding hydrogens is 414 g/mol. The summed E-state index contributed by atoms with van der Waals surface area (Å²) in [5.41, 5.74) is 1.55. The molecule has 32 heavy (non-hydrogen) atoms. The first kappa shape index (κ1) is 29.1. The van der Waals surface area contributed by atoms with Crippen LogP contribution in [-0.2, 0) is 4.43 Å². The van der Waals surface area contributed by atoms with Gasteiger partial charge in [-0.05, 0) is 89.3 Å². The third kappa shape index (κ3) is 7.83. The quantitative estimate of drug-likeness (QED) is 0.213. The van der Waals surface area contributed by atoms with Gasteiger partial charge in [0.15, 0.2) is 8.32 Å². The number of nitrogens with zero attached hydrogens (tertiary/aromatic N) is 1. The standard InChI is InChI=1S/C27H49NO3Si/c1-20(12-11-13-21(2)19-31-32(9,10)25(3,4)5)14-16-27(8)17-15-22(26(6,7)30)24(27)23(29)18-28/h13-14,22-24,29-30H,11-12,15-17,19H2,1-10H3/b20-14+,21-13+/t22-,23+,24-,27+/m1/s1. The predicted molar refractivity (Wildman–Crippen MR) is 137 cm³/mol. The number of nitriles is 1. The molecule has 0 aliphatic heterocycles. The van der Waals surface area contributed by atoms with Crippen LogP contribution in [0.25, 0.3) is 0 Å². The average molecular weight is 464 g/mol. The van der Waals surface area contributed by atoms with Gasteiger partial charge in [-0.2, -0.15) is 5.26 Å². The van der Waals surface area contributed by atoms with Gasteiger partial charge in [0, 0.05) is 5.92 Å². The lowest BCUT2D eigenvalue weighted by atomic mass is 9.68. The number of hydrogen-bond donors (Lipinski definition) is 2. The van der Waals surface area contributed by atoms with Crippen LogP contribution in [0.4, 0.5) is 0 Å². The highest BCUT2D eigenvalue weighted by molar-refractivity contribution is 6.74. The summed E-state index contributed by atoms with van der Waals surface area (Å²) in [4.78, 5) is 0. The Labute approximate surface area is 198 Å². The number of aliphatic hydroxyl groups excluding tert-OH is 1. The van der Waals surface area contributed by atoms with E-state index in [-0.39, 0.29) is 22.3 Å². The molecule has 0 aromatic rings. The summed E-state index contributed by atoms with van der Waals surface area (Å²) >= 11 is 0. The highest BCUT2D eigenvalue weighted by atomic mass is 28.4. The Hall–Kier alpha value is -0.933. The average Bonchev–Trinajstić information content (AvgIpc) is 3.01. The van der Waals surface area contributed by atoms with E-state index in [4.69, 9.17) is 4.43 Å². The van der Waals surface area contributed by atoms with Crippen molar-refractivity contribution in [2.45, 2.75) is 117 Å². The fraction of sp³-hybridized carbons (Fsp3) is 0.815. The normalized spacial score (nSPS) is 26.8. The van der Waals surface area contributed by atoms with Gasteiger partial charge in [0.1, 0.15) is 6.10 Å². The van der Waals surface area contributed by atoms with E-state index in [0.717, 1.165) is 32.1 Å².